The normalized spacial score (nSPS) is 12.0. The van der Waals surface area contributed by atoms with Gasteiger partial charge in [-0.1, -0.05) is 32.0 Å². The van der Waals surface area contributed by atoms with Crippen LogP contribution in [0.3, 0.4) is 0 Å². The van der Waals surface area contributed by atoms with Crippen LogP contribution >= 0.6 is 0 Å². The maximum atomic E-state index is 13.0. The minimum Gasteiger partial charge on any atom is -0.616 e. The van der Waals surface area contributed by atoms with Gasteiger partial charge in [0.1, 0.15) is 6.04 Å². The van der Waals surface area contributed by atoms with Gasteiger partial charge in [0.2, 0.25) is 5.69 Å². The highest BCUT2D eigenvalue weighted by Crippen LogP contribution is 2.20. The predicted molar refractivity (Wildman–Crippen MR) is 116 cm³/mol. The lowest BCUT2D eigenvalue weighted by Gasteiger charge is -2.17. The Morgan fingerprint density at radius 2 is 1.91 bits per heavy atom. The van der Waals surface area contributed by atoms with Crippen LogP contribution in [-0.4, -0.2) is 42.1 Å². The molecule has 0 aliphatic heterocycles. The minimum absolute atomic E-state index is 0.0422. The van der Waals surface area contributed by atoms with Crippen LogP contribution in [0.25, 0.3) is 10.9 Å². The van der Waals surface area contributed by atoms with E-state index in [0.29, 0.717) is 4.73 Å². The second-order valence-electron chi connectivity index (χ2n) is 7.79. The second-order valence-corrected chi connectivity index (χ2v) is 7.79. The Morgan fingerprint density at radius 3 is 2.56 bits per heavy atom. The summed E-state index contributed by atoms with van der Waals surface area (Å²) in [6.07, 6.45) is 2.10. The molecule has 0 spiro atoms. The van der Waals surface area contributed by atoms with Gasteiger partial charge in [0.25, 0.3) is 11.6 Å². The van der Waals surface area contributed by atoms with Crippen molar-refractivity contribution in [1.82, 2.24) is 15.3 Å². The second kappa shape index (κ2) is 9.54. The van der Waals surface area contributed by atoms with Gasteiger partial charge in [0.15, 0.2) is 0 Å². The number of carbonyl (C=O) groups excluding carboxylic acids is 2. The number of aromatic nitrogens is 3. The van der Waals surface area contributed by atoms with Gasteiger partial charge >= 0.3 is 17.4 Å². The van der Waals surface area contributed by atoms with Gasteiger partial charge in [-0.15, -0.1) is 4.73 Å². The zero-order valence-corrected chi connectivity index (χ0v) is 18.4. The number of hydrogen-bond acceptors (Lipinski definition) is 6. The van der Waals surface area contributed by atoms with E-state index in [0.717, 1.165) is 16.5 Å². The third-order valence-electron chi connectivity index (χ3n) is 5.06. The van der Waals surface area contributed by atoms with E-state index in [-0.39, 0.29) is 36.0 Å². The van der Waals surface area contributed by atoms with Crippen molar-refractivity contribution < 1.29 is 23.8 Å². The number of methoxy groups -OCH3 is 2. The van der Waals surface area contributed by atoms with Crippen molar-refractivity contribution in [1.29, 1.82) is 0 Å². The van der Waals surface area contributed by atoms with Crippen LogP contribution in [0.2, 0.25) is 0 Å². The first-order chi connectivity index (χ1) is 15.3. The van der Waals surface area contributed by atoms with Gasteiger partial charge < -0.3 is 30.0 Å². The largest absolute Gasteiger partial charge is 0.616 e. The molecule has 170 valence electrons. The van der Waals surface area contributed by atoms with Crippen molar-refractivity contribution in [2.24, 2.45) is 5.92 Å². The molecular weight excluding hydrogens is 416 g/mol. The first kappa shape index (κ1) is 22.9. The average Bonchev–Trinajstić information content (AvgIpc) is 3.18. The average molecular weight is 442 g/mol. The molecule has 0 saturated carbocycles. The molecular formula is C22H26N4O6. The van der Waals surface area contributed by atoms with Gasteiger partial charge in [0, 0.05) is 29.9 Å². The summed E-state index contributed by atoms with van der Waals surface area (Å²) in [5.41, 5.74) is 0.565. The molecule has 3 N–H and O–H groups in total. The number of ether oxygens (including phenoxy) is 2. The number of amides is 1. The number of aromatic amines is 2. The van der Waals surface area contributed by atoms with Crippen LogP contribution in [0.1, 0.15) is 35.6 Å². The fourth-order valence-electron chi connectivity index (χ4n) is 3.54. The molecule has 10 heteroatoms. The third kappa shape index (κ3) is 4.58. The highest BCUT2D eigenvalue weighted by Gasteiger charge is 2.31. The Bertz CT molecular complexity index is 1200. The number of nitrogens with one attached hydrogen (secondary N) is 3. The molecule has 0 bridgehead atoms. The zero-order valence-electron chi connectivity index (χ0n) is 18.4. The zero-order chi connectivity index (χ0) is 23.4. The topological polar surface area (TPSA) is 140 Å². The maximum Gasteiger partial charge on any atom is 0.409 e. The van der Waals surface area contributed by atoms with E-state index in [9.17, 15) is 19.6 Å². The molecule has 3 rings (SSSR count). The highest BCUT2D eigenvalue weighted by molar-refractivity contribution is 5.97. The van der Waals surface area contributed by atoms with E-state index in [1.54, 1.807) is 6.20 Å². The van der Waals surface area contributed by atoms with Gasteiger partial charge in [-0.3, -0.25) is 9.59 Å². The summed E-state index contributed by atoms with van der Waals surface area (Å²) >= 11 is 0. The van der Waals surface area contributed by atoms with Gasteiger partial charge in [-0.05, 0) is 17.5 Å². The van der Waals surface area contributed by atoms with Crippen molar-refractivity contribution in [2.45, 2.75) is 32.7 Å². The van der Waals surface area contributed by atoms with Crippen LogP contribution in [0.4, 0.5) is 0 Å². The molecule has 2 heterocycles. The fraction of sp³-hybridized carbons (Fsp3) is 0.364. The molecule has 0 saturated heterocycles. The van der Waals surface area contributed by atoms with Gasteiger partial charge in [0.05, 0.1) is 14.2 Å². The predicted octanol–water partition coefficient (Wildman–Crippen LogP) is 1.21. The first-order valence-corrected chi connectivity index (χ1v) is 10.1. The SMILES string of the molecule is COC(=O)[C@H](Cc1c[nH]c2ccccc12)NC(=O)c1[nH]c(=O)c(CC(C)C)[n+]([O-])c1OC. The summed E-state index contributed by atoms with van der Waals surface area (Å²) < 4.78 is 10.3. The summed E-state index contributed by atoms with van der Waals surface area (Å²) in [5, 5.41) is 16.1. The van der Waals surface area contributed by atoms with Crippen LogP contribution in [0.15, 0.2) is 35.3 Å². The summed E-state index contributed by atoms with van der Waals surface area (Å²) in [7, 11) is 2.44. The number of para-hydroxylation sites is 1. The van der Waals surface area contributed by atoms with Crippen LogP contribution in [0, 0.1) is 11.1 Å². The molecule has 32 heavy (non-hydrogen) atoms. The van der Waals surface area contributed by atoms with Crippen molar-refractivity contribution in [2.75, 3.05) is 14.2 Å². The molecule has 0 aliphatic rings. The van der Waals surface area contributed by atoms with E-state index in [2.05, 4.69) is 15.3 Å². The maximum absolute atomic E-state index is 13.0. The summed E-state index contributed by atoms with van der Waals surface area (Å²) in [4.78, 5) is 43.3. The Labute approximate surface area is 184 Å². The van der Waals surface area contributed by atoms with Crippen molar-refractivity contribution in [3.05, 3.63) is 63.0 Å². The number of nitrogens with zero attached hydrogens (tertiary/aromatic N) is 1. The number of esters is 1. The molecule has 0 aliphatic carbocycles. The van der Waals surface area contributed by atoms with E-state index in [1.807, 2.05) is 38.1 Å². The molecule has 3 aromatic rings. The molecule has 0 fully saturated rings. The monoisotopic (exact) mass is 442 g/mol. The molecule has 1 aromatic carbocycles. The minimum atomic E-state index is -1.06. The quantitative estimate of drug-likeness (QED) is 0.272. The number of benzene rings is 1. The fourth-order valence-corrected chi connectivity index (χ4v) is 3.54. The Balaban J connectivity index is 1.93. The molecule has 2 aromatic heterocycles. The molecule has 0 unspecified atom stereocenters. The first-order valence-electron chi connectivity index (χ1n) is 10.1. The number of carbonyl (C=O) groups is 2. The van der Waals surface area contributed by atoms with E-state index >= 15 is 0 Å². The van der Waals surface area contributed by atoms with E-state index in [4.69, 9.17) is 9.47 Å². The lowest BCUT2D eigenvalue weighted by molar-refractivity contribution is -0.622. The van der Waals surface area contributed by atoms with Crippen molar-refractivity contribution in [3.63, 3.8) is 0 Å². The molecule has 10 nitrogen and oxygen atoms in total. The van der Waals surface area contributed by atoms with E-state index < -0.39 is 23.5 Å². The Kier molecular flexibility index (Phi) is 6.82. The van der Waals surface area contributed by atoms with Crippen LogP contribution in [-0.2, 0) is 22.4 Å². The lowest BCUT2D eigenvalue weighted by atomic mass is 10.0. The standard InChI is InChI=1S/C22H26N4O6/c1-12(2)9-17-19(27)25-18(21(31-3)26(17)30)20(28)24-16(22(29)32-4)10-13-11-23-15-8-6-5-7-14(13)15/h5-8,11-12,16,23H,9-10H2,1-4H3,(H,24,28)(H,25,27)/t16-/m0/s1. The lowest BCUT2D eigenvalue weighted by Crippen LogP contribution is -2.47. The Hall–Kier alpha value is -3.82. The number of rotatable bonds is 8. The van der Waals surface area contributed by atoms with Gasteiger partial charge in [-0.2, -0.15) is 0 Å². The number of H-pyrrole nitrogens is 2. The summed E-state index contributed by atoms with van der Waals surface area (Å²) in [6, 6.07) is 6.48. The smallest absolute Gasteiger partial charge is 0.409 e. The summed E-state index contributed by atoms with van der Waals surface area (Å²) in [6.45, 7) is 3.72. The van der Waals surface area contributed by atoms with Gasteiger partial charge in [-0.25, -0.2) is 4.79 Å². The number of hydrogen-bond donors (Lipinski definition) is 3. The van der Waals surface area contributed by atoms with Crippen molar-refractivity contribution in [3.8, 4) is 5.88 Å². The highest BCUT2D eigenvalue weighted by atomic mass is 16.5. The Morgan fingerprint density at radius 1 is 1.19 bits per heavy atom. The van der Waals surface area contributed by atoms with E-state index in [1.165, 1.54) is 14.2 Å². The summed E-state index contributed by atoms with van der Waals surface area (Å²) in [5.74, 6) is -1.82. The van der Waals surface area contributed by atoms with Crippen LogP contribution < -0.4 is 20.3 Å². The van der Waals surface area contributed by atoms with Crippen molar-refractivity contribution >= 4 is 22.8 Å². The van der Waals surface area contributed by atoms with Crippen LogP contribution in [0.5, 0.6) is 5.88 Å². The third-order valence-corrected chi connectivity index (χ3v) is 5.06. The molecule has 1 atom stereocenters. The number of fused-ring (bicyclic) bond motifs is 1. The molecule has 0 radical (unpaired) electrons. The molecule has 1 amide bonds.